The number of halogens is 4. The van der Waals surface area contributed by atoms with Gasteiger partial charge in [0.2, 0.25) is 0 Å². The van der Waals surface area contributed by atoms with Gasteiger partial charge in [0.05, 0.1) is 12.1 Å². The van der Waals surface area contributed by atoms with Crippen molar-refractivity contribution in [3.63, 3.8) is 0 Å². The summed E-state index contributed by atoms with van der Waals surface area (Å²) >= 11 is 5.99. The fourth-order valence-electron chi connectivity index (χ4n) is 2.28. The maximum Gasteiger partial charge on any atom is 0.416 e. The minimum atomic E-state index is -4.42. The molecule has 0 radical (unpaired) electrons. The smallest absolute Gasteiger partial charge is 0.372 e. The van der Waals surface area contributed by atoms with E-state index >= 15 is 0 Å². The van der Waals surface area contributed by atoms with Gasteiger partial charge < -0.3 is 15.4 Å². The zero-order valence-electron chi connectivity index (χ0n) is 14.2. The molecule has 1 unspecified atom stereocenters. The number of alkyl halides is 3. The Kier molecular flexibility index (Phi) is 6.15. The zero-order valence-corrected chi connectivity index (χ0v) is 14.9. The fourth-order valence-corrected chi connectivity index (χ4v) is 2.47. The predicted molar refractivity (Wildman–Crippen MR) is 94.3 cm³/mol. The van der Waals surface area contributed by atoms with Crippen molar-refractivity contribution < 1.29 is 22.7 Å². The summed E-state index contributed by atoms with van der Waals surface area (Å²) in [5.74, 6) is 0. The molecule has 4 nitrogen and oxygen atoms in total. The highest BCUT2D eigenvalue weighted by Crippen LogP contribution is 2.30. The van der Waals surface area contributed by atoms with Gasteiger partial charge in [0.1, 0.15) is 5.60 Å². The van der Waals surface area contributed by atoms with Crippen LogP contribution in [0.15, 0.2) is 48.5 Å². The van der Waals surface area contributed by atoms with E-state index in [2.05, 4.69) is 10.6 Å². The summed E-state index contributed by atoms with van der Waals surface area (Å²) in [6.07, 6.45) is -4.42. The van der Waals surface area contributed by atoms with Crippen LogP contribution in [0.3, 0.4) is 0 Å². The normalized spacial score (nSPS) is 13.8. The SMILES string of the molecule is COC(C)(CNC(=O)Nc1ccc(C(F)(F)F)cc1)c1cccc(Cl)c1. The average molecular weight is 387 g/mol. The molecular formula is C18H18ClF3N2O2. The highest BCUT2D eigenvalue weighted by Gasteiger charge is 2.30. The topological polar surface area (TPSA) is 50.4 Å². The Morgan fingerprint density at radius 1 is 1.12 bits per heavy atom. The number of anilines is 1. The van der Waals surface area contributed by atoms with Crippen molar-refractivity contribution in [2.45, 2.75) is 18.7 Å². The van der Waals surface area contributed by atoms with Crippen molar-refractivity contribution in [1.82, 2.24) is 5.32 Å². The van der Waals surface area contributed by atoms with Crippen molar-refractivity contribution in [1.29, 1.82) is 0 Å². The lowest BCUT2D eigenvalue weighted by atomic mass is 9.96. The van der Waals surface area contributed by atoms with Crippen molar-refractivity contribution in [2.24, 2.45) is 0 Å². The van der Waals surface area contributed by atoms with Gasteiger partial charge in [0, 0.05) is 17.8 Å². The third-order valence-corrected chi connectivity index (χ3v) is 4.18. The summed E-state index contributed by atoms with van der Waals surface area (Å²) in [7, 11) is 1.51. The summed E-state index contributed by atoms with van der Waals surface area (Å²) in [6, 6.07) is 10.7. The molecule has 2 N–H and O–H groups in total. The Morgan fingerprint density at radius 3 is 2.31 bits per heavy atom. The Labute approximate surface area is 154 Å². The molecule has 0 spiro atoms. The van der Waals surface area contributed by atoms with E-state index in [0.29, 0.717) is 5.02 Å². The number of hydrogen-bond acceptors (Lipinski definition) is 2. The van der Waals surface area contributed by atoms with Crippen LogP contribution in [-0.2, 0) is 16.5 Å². The van der Waals surface area contributed by atoms with Gasteiger partial charge in [-0.1, -0.05) is 23.7 Å². The van der Waals surface area contributed by atoms with Gasteiger partial charge in [0.15, 0.2) is 0 Å². The van der Waals surface area contributed by atoms with Crippen LogP contribution in [0.2, 0.25) is 5.02 Å². The highest BCUT2D eigenvalue weighted by atomic mass is 35.5. The van der Waals surface area contributed by atoms with Crippen molar-refractivity contribution in [3.8, 4) is 0 Å². The molecule has 2 amide bonds. The van der Waals surface area contributed by atoms with E-state index in [-0.39, 0.29) is 12.2 Å². The predicted octanol–water partition coefficient (Wildman–Crippen LogP) is 5.04. The van der Waals surface area contributed by atoms with Crippen LogP contribution in [0, 0.1) is 0 Å². The zero-order chi connectivity index (χ0) is 19.4. The van der Waals surface area contributed by atoms with E-state index in [9.17, 15) is 18.0 Å². The monoisotopic (exact) mass is 386 g/mol. The summed E-state index contributed by atoms with van der Waals surface area (Å²) in [5, 5.41) is 5.67. The average Bonchev–Trinajstić information content (AvgIpc) is 2.59. The lowest BCUT2D eigenvalue weighted by Crippen LogP contribution is -2.41. The molecule has 0 saturated carbocycles. The maximum atomic E-state index is 12.5. The molecular weight excluding hydrogens is 369 g/mol. The molecule has 0 aliphatic heterocycles. The van der Waals surface area contributed by atoms with Crippen LogP contribution < -0.4 is 10.6 Å². The molecule has 8 heteroatoms. The lowest BCUT2D eigenvalue weighted by molar-refractivity contribution is -0.137. The molecule has 26 heavy (non-hydrogen) atoms. The number of rotatable bonds is 5. The molecule has 1 atom stereocenters. The number of urea groups is 1. The second kappa shape index (κ2) is 7.97. The van der Waals surface area contributed by atoms with Gasteiger partial charge in [-0.2, -0.15) is 13.2 Å². The summed E-state index contributed by atoms with van der Waals surface area (Å²) in [6.45, 7) is 1.92. The molecule has 0 bridgehead atoms. The first-order chi connectivity index (χ1) is 12.1. The van der Waals surface area contributed by atoms with E-state index in [1.54, 1.807) is 25.1 Å². The quantitative estimate of drug-likeness (QED) is 0.756. The van der Waals surface area contributed by atoms with Crippen LogP contribution in [0.4, 0.5) is 23.7 Å². The lowest BCUT2D eigenvalue weighted by Gasteiger charge is -2.29. The fraction of sp³-hybridized carbons (Fsp3) is 0.278. The van der Waals surface area contributed by atoms with E-state index in [4.69, 9.17) is 16.3 Å². The van der Waals surface area contributed by atoms with Gasteiger partial charge >= 0.3 is 12.2 Å². The molecule has 0 aliphatic rings. The summed E-state index contributed by atoms with van der Waals surface area (Å²) in [4.78, 5) is 12.0. The number of ether oxygens (including phenoxy) is 1. The standard InChI is InChI=1S/C18H18ClF3N2O2/c1-17(26-2,13-4-3-5-14(19)10-13)11-23-16(25)24-15-8-6-12(7-9-15)18(20,21)22/h3-10H,11H2,1-2H3,(H2,23,24,25). The molecule has 0 heterocycles. The molecule has 140 valence electrons. The number of carbonyl (C=O) groups excluding carboxylic acids is 1. The Balaban J connectivity index is 1.99. The third-order valence-electron chi connectivity index (χ3n) is 3.94. The molecule has 0 fully saturated rings. The number of hydrogen-bond donors (Lipinski definition) is 2. The van der Waals surface area contributed by atoms with Crippen molar-refractivity contribution >= 4 is 23.3 Å². The van der Waals surface area contributed by atoms with Crippen LogP contribution in [0.5, 0.6) is 0 Å². The Bertz CT molecular complexity index is 766. The number of benzene rings is 2. The van der Waals surface area contributed by atoms with E-state index in [1.165, 1.54) is 19.2 Å². The maximum absolute atomic E-state index is 12.5. The number of nitrogens with one attached hydrogen (secondary N) is 2. The molecule has 0 saturated heterocycles. The third kappa shape index (κ3) is 5.12. The Hall–Kier alpha value is -2.25. The second-order valence-electron chi connectivity index (χ2n) is 5.83. The molecule has 2 rings (SSSR count). The van der Waals surface area contributed by atoms with E-state index in [0.717, 1.165) is 17.7 Å². The minimum absolute atomic E-state index is 0.135. The first-order valence-electron chi connectivity index (χ1n) is 7.67. The molecule has 0 aliphatic carbocycles. The largest absolute Gasteiger partial charge is 0.416 e. The van der Waals surface area contributed by atoms with Crippen LogP contribution >= 0.6 is 11.6 Å². The highest BCUT2D eigenvalue weighted by molar-refractivity contribution is 6.30. The molecule has 0 aromatic heterocycles. The Morgan fingerprint density at radius 2 is 1.77 bits per heavy atom. The van der Waals surface area contributed by atoms with Gasteiger partial charge in [-0.3, -0.25) is 0 Å². The van der Waals surface area contributed by atoms with E-state index < -0.39 is 23.4 Å². The number of amides is 2. The van der Waals surface area contributed by atoms with Crippen LogP contribution in [0.1, 0.15) is 18.1 Å². The first kappa shape index (κ1) is 20.1. The van der Waals surface area contributed by atoms with Crippen molar-refractivity contribution in [2.75, 3.05) is 19.0 Å². The minimum Gasteiger partial charge on any atom is -0.372 e. The molecule has 2 aromatic rings. The van der Waals surface area contributed by atoms with Crippen LogP contribution in [-0.4, -0.2) is 19.7 Å². The molecule has 2 aromatic carbocycles. The van der Waals surface area contributed by atoms with E-state index in [1.807, 2.05) is 6.07 Å². The second-order valence-corrected chi connectivity index (χ2v) is 6.26. The van der Waals surface area contributed by atoms with Crippen LogP contribution in [0.25, 0.3) is 0 Å². The summed E-state index contributed by atoms with van der Waals surface area (Å²) in [5.41, 5.74) is -0.571. The number of methoxy groups -OCH3 is 1. The van der Waals surface area contributed by atoms with Gasteiger partial charge in [0.25, 0.3) is 0 Å². The summed E-state index contributed by atoms with van der Waals surface area (Å²) < 4.78 is 43.1. The van der Waals surface area contributed by atoms with Gasteiger partial charge in [-0.25, -0.2) is 4.79 Å². The van der Waals surface area contributed by atoms with Crippen molar-refractivity contribution in [3.05, 3.63) is 64.7 Å². The first-order valence-corrected chi connectivity index (χ1v) is 8.05. The van der Waals surface area contributed by atoms with Gasteiger partial charge in [-0.05, 0) is 48.9 Å². The number of carbonyl (C=O) groups is 1. The van der Waals surface area contributed by atoms with Gasteiger partial charge in [-0.15, -0.1) is 0 Å².